The maximum absolute atomic E-state index is 4.65. The van der Waals surface area contributed by atoms with Crippen LogP contribution in [0.4, 0.5) is 0 Å². The third-order valence-corrected chi connectivity index (χ3v) is 2.77. The summed E-state index contributed by atoms with van der Waals surface area (Å²) in [7, 11) is 0. The summed E-state index contributed by atoms with van der Waals surface area (Å²) in [4.78, 5) is 9.00. The second-order valence-corrected chi connectivity index (χ2v) is 5.20. The molecule has 0 radical (unpaired) electrons. The highest BCUT2D eigenvalue weighted by atomic mass is 15.0. The van der Waals surface area contributed by atoms with Crippen LogP contribution in [0.2, 0.25) is 0 Å². The Morgan fingerprint density at radius 1 is 1.40 bits per heavy atom. The van der Waals surface area contributed by atoms with Crippen molar-refractivity contribution in [2.45, 2.75) is 45.1 Å². The summed E-state index contributed by atoms with van der Waals surface area (Å²) in [6, 6.07) is 2.46. The standard InChI is InChI=1S/C12H19N3/c1-12(2,3)11-14-8-6-10(15-11)9-5-4-7-13-9/h6,8-9,13H,4-5,7H2,1-3H3. The smallest absolute Gasteiger partial charge is 0.133 e. The molecule has 0 saturated carbocycles. The second kappa shape index (κ2) is 3.89. The zero-order valence-electron chi connectivity index (χ0n) is 9.75. The normalized spacial score (nSPS) is 21.9. The third kappa shape index (κ3) is 2.34. The predicted molar refractivity (Wildman–Crippen MR) is 60.7 cm³/mol. The van der Waals surface area contributed by atoms with Crippen LogP contribution in [0.15, 0.2) is 12.3 Å². The fraction of sp³-hybridized carbons (Fsp3) is 0.667. The Hall–Kier alpha value is -0.960. The first-order valence-electron chi connectivity index (χ1n) is 5.64. The Morgan fingerprint density at radius 2 is 2.20 bits per heavy atom. The maximum atomic E-state index is 4.65. The van der Waals surface area contributed by atoms with Crippen molar-refractivity contribution < 1.29 is 0 Å². The Bertz CT molecular complexity index is 335. The molecule has 15 heavy (non-hydrogen) atoms. The topological polar surface area (TPSA) is 37.8 Å². The van der Waals surface area contributed by atoms with Gasteiger partial charge in [-0.25, -0.2) is 9.97 Å². The molecular weight excluding hydrogens is 186 g/mol. The van der Waals surface area contributed by atoms with Crippen molar-refractivity contribution in [1.82, 2.24) is 15.3 Å². The van der Waals surface area contributed by atoms with E-state index in [0.717, 1.165) is 18.1 Å². The maximum Gasteiger partial charge on any atom is 0.133 e. The monoisotopic (exact) mass is 205 g/mol. The molecule has 0 amide bonds. The van der Waals surface area contributed by atoms with E-state index in [2.05, 4.69) is 36.1 Å². The lowest BCUT2D eigenvalue weighted by Crippen LogP contribution is -2.20. The lowest BCUT2D eigenvalue weighted by molar-refractivity contribution is 0.529. The molecule has 82 valence electrons. The molecule has 1 atom stereocenters. The van der Waals surface area contributed by atoms with Crippen molar-refractivity contribution in [3.63, 3.8) is 0 Å². The molecule has 1 fully saturated rings. The fourth-order valence-electron chi connectivity index (χ4n) is 1.87. The summed E-state index contributed by atoms with van der Waals surface area (Å²) in [5.74, 6) is 0.939. The molecule has 1 aliphatic rings. The van der Waals surface area contributed by atoms with E-state index in [0.29, 0.717) is 6.04 Å². The van der Waals surface area contributed by atoms with Crippen LogP contribution in [0.25, 0.3) is 0 Å². The number of aromatic nitrogens is 2. The molecule has 0 spiro atoms. The van der Waals surface area contributed by atoms with Crippen molar-refractivity contribution in [1.29, 1.82) is 0 Å². The summed E-state index contributed by atoms with van der Waals surface area (Å²) in [5.41, 5.74) is 1.18. The average Bonchev–Trinajstić information content (AvgIpc) is 2.69. The minimum atomic E-state index is 0.0363. The molecule has 0 aliphatic carbocycles. The molecule has 2 heterocycles. The third-order valence-electron chi connectivity index (χ3n) is 2.77. The highest BCUT2D eigenvalue weighted by Crippen LogP contribution is 2.23. The Labute approximate surface area is 91.3 Å². The summed E-state index contributed by atoms with van der Waals surface area (Å²) in [5, 5.41) is 3.46. The van der Waals surface area contributed by atoms with Crippen molar-refractivity contribution in [2.24, 2.45) is 0 Å². The van der Waals surface area contributed by atoms with E-state index in [4.69, 9.17) is 0 Å². The lowest BCUT2D eigenvalue weighted by atomic mass is 9.95. The highest BCUT2D eigenvalue weighted by molar-refractivity contribution is 5.12. The van der Waals surface area contributed by atoms with Gasteiger partial charge >= 0.3 is 0 Å². The lowest BCUT2D eigenvalue weighted by Gasteiger charge is -2.18. The fourth-order valence-corrected chi connectivity index (χ4v) is 1.87. The highest BCUT2D eigenvalue weighted by Gasteiger charge is 2.21. The Kier molecular flexibility index (Phi) is 2.74. The van der Waals surface area contributed by atoms with E-state index in [-0.39, 0.29) is 5.41 Å². The summed E-state index contributed by atoms with van der Waals surface area (Å²) in [6.45, 7) is 7.55. The number of nitrogens with zero attached hydrogens (tertiary/aromatic N) is 2. The van der Waals surface area contributed by atoms with Gasteiger partial charge in [0, 0.05) is 17.7 Å². The van der Waals surface area contributed by atoms with E-state index >= 15 is 0 Å². The molecule has 1 N–H and O–H groups in total. The van der Waals surface area contributed by atoms with Crippen LogP contribution in [0.5, 0.6) is 0 Å². The molecule has 0 aromatic carbocycles. The Morgan fingerprint density at radius 3 is 2.80 bits per heavy atom. The van der Waals surface area contributed by atoms with Gasteiger partial charge < -0.3 is 5.32 Å². The van der Waals surface area contributed by atoms with Gasteiger partial charge in [-0.2, -0.15) is 0 Å². The van der Waals surface area contributed by atoms with Gasteiger partial charge in [0.2, 0.25) is 0 Å². The van der Waals surface area contributed by atoms with Crippen LogP contribution in [0.1, 0.15) is 51.2 Å². The first-order chi connectivity index (χ1) is 7.07. The first kappa shape index (κ1) is 10.6. The Balaban J connectivity index is 2.26. The van der Waals surface area contributed by atoms with Crippen LogP contribution in [-0.2, 0) is 5.41 Å². The summed E-state index contributed by atoms with van der Waals surface area (Å²) < 4.78 is 0. The number of nitrogens with one attached hydrogen (secondary N) is 1. The number of hydrogen-bond donors (Lipinski definition) is 1. The van der Waals surface area contributed by atoms with Gasteiger partial charge in [0.25, 0.3) is 0 Å². The second-order valence-electron chi connectivity index (χ2n) is 5.20. The van der Waals surface area contributed by atoms with E-state index in [1.54, 1.807) is 0 Å². The van der Waals surface area contributed by atoms with E-state index < -0.39 is 0 Å². The van der Waals surface area contributed by atoms with Crippen molar-refractivity contribution in [3.8, 4) is 0 Å². The predicted octanol–water partition coefficient (Wildman–Crippen LogP) is 2.20. The molecule has 3 heteroatoms. The van der Waals surface area contributed by atoms with Gasteiger partial charge in [-0.3, -0.25) is 0 Å². The molecule has 1 unspecified atom stereocenters. The van der Waals surface area contributed by atoms with E-state index in [1.165, 1.54) is 12.8 Å². The SMILES string of the molecule is CC(C)(C)c1nccc(C2CCCN2)n1. The van der Waals surface area contributed by atoms with E-state index in [1.807, 2.05) is 12.3 Å². The van der Waals surface area contributed by atoms with Gasteiger partial charge in [-0.05, 0) is 25.5 Å². The molecule has 2 rings (SSSR count). The quantitative estimate of drug-likeness (QED) is 0.763. The molecule has 1 aromatic rings. The van der Waals surface area contributed by atoms with Crippen LogP contribution < -0.4 is 5.32 Å². The van der Waals surface area contributed by atoms with Crippen LogP contribution in [0, 0.1) is 0 Å². The molecule has 1 aromatic heterocycles. The van der Waals surface area contributed by atoms with Crippen LogP contribution in [-0.4, -0.2) is 16.5 Å². The molecule has 3 nitrogen and oxygen atoms in total. The van der Waals surface area contributed by atoms with Gasteiger partial charge in [0.1, 0.15) is 5.82 Å². The molecule has 0 bridgehead atoms. The summed E-state index contributed by atoms with van der Waals surface area (Å²) in [6.07, 6.45) is 4.32. The van der Waals surface area contributed by atoms with Crippen LogP contribution >= 0.6 is 0 Å². The molecular formula is C12H19N3. The van der Waals surface area contributed by atoms with E-state index in [9.17, 15) is 0 Å². The van der Waals surface area contributed by atoms with Crippen molar-refractivity contribution >= 4 is 0 Å². The number of hydrogen-bond acceptors (Lipinski definition) is 3. The largest absolute Gasteiger partial charge is 0.309 e. The van der Waals surface area contributed by atoms with Crippen molar-refractivity contribution in [3.05, 3.63) is 23.8 Å². The minimum absolute atomic E-state index is 0.0363. The van der Waals surface area contributed by atoms with Gasteiger partial charge in [-0.1, -0.05) is 20.8 Å². The zero-order chi connectivity index (χ0) is 10.9. The zero-order valence-corrected chi connectivity index (χ0v) is 9.75. The first-order valence-corrected chi connectivity index (χ1v) is 5.64. The van der Waals surface area contributed by atoms with Crippen molar-refractivity contribution in [2.75, 3.05) is 6.54 Å². The van der Waals surface area contributed by atoms with Gasteiger partial charge in [0.05, 0.1) is 5.69 Å². The molecule has 1 saturated heterocycles. The summed E-state index contributed by atoms with van der Waals surface area (Å²) >= 11 is 0. The van der Waals surface area contributed by atoms with Crippen LogP contribution in [0.3, 0.4) is 0 Å². The van der Waals surface area contributed by atoms with Gasteiger partial charge in [-0.15, -0.1) is 0 Å². The van der Waals surface area contributed by atoms with Gasteiger partial charge in [0.15, 0.2) is 0 Å². The minimum Gasteiger partial charge on any atom is -0.309 e. The average molecular weight is 205 g/mol. The molecule has 1 aliphatic heterocycles. The number of rotatable bonds is 1.